The van der Waals surface area contributed by atoms with E-state index in [1.54, 1.807) is 0 Å². The lowest BCUT2D eigenvalue weighted by atomic mass is 10.1. The molecule has 0 bridgehead atoms. The van der Waals surface area contributed by atoms with E-state index in [1.807, 2.05) is 0 Å². The fraction of sp³-hybridized carbons (Fsp3) is 0.611. The molecule has 6 heteroatoms. The summed E-state index contributed by atoms with van der Waals surface area (Å²) in [6, 6.07) is 0. The Morgan fingerprint density at radius 1 is 0.350 bits per heavy atom. The summed E-state index contributed by atoms with van der Waals surface area (Å²) in [5.74, 6) is -0.990. The van der Waals surface area contributed by atoms with Gasteiger partial charge in [-0.3, -0.25) is 14.4 Å². The van der Waals surface area contributed by atoms with E-state index in [1.165, 1.54) is 32.1 Å². The van der Waals surface area contributed by atoms with Gasteiger partial charge in [-0.25, -0.2) is 0 Å². The van der Waals surface area contributed by atoms with E-state index in [4.69, 9.17) is 14.2 Å². The van der Waals surface area contributed by atoms with Gasteiger partial charge in [-0.05, 0) is 83.5 Å². The van der Waals surface area contributed by atoms with Crippen LogP contribution in [0.15, 0.2) is 109 Å². The first-order valence-electron chi connectivity index (χ1n) is 23.9. The van der Waals surface area contributed by atoms with Gasteiger partial charge in [0.25, 0.3) is 0 Å². The maximum absolute atomic E-state index is 12.6. The average Bonchev–Trinajstić information content (AvgIpc) is 3.24. The monoisotopic (exact) mass is 831 g/mol. The zero-order valence-corrected chi connectivity index (χ0v) is 38.4. The molecule has 0 rings (SSSR count). The summed E-state index contributed by atoms with van der Waals surface area (Å²) in [5.41, 5.74) is 0. The minimum atomic E-state index is -0.794. The van der Waals surface area contributed by atoms with E-state index >= 15 is 0 Å². The van der Waals surface area contributed by atoms with Gasteiger partial charge in [-0.2, -0.15) is 0 Å². The van der Waals surface area contributed by atoms with Gasteiger partial charge in [0.05, 0.1) is 0 Å². The van der Waals surface area contributed by atoms with Crippen molar-refractivity contribution in [2.45, 2.75) is 200 Å². The Bertz CT molecular complexity index is 1280. The van der Waals surface area contributed by atoms with E-state index in [9.17, 15) is 14.4 Å². The third-order valence-corrected chi connectivity index (χ3v) is 9.54. The number of esters is 3. The highest BCUT2D eigenvalue weighted by molar-refractivity contribution is 5.71. The smallest absolute Gasteiger partial charge is 0.306 e. The van der Waals surface area contributed by atoms with Gasteiger partial charge in [0.15, 0.2) is 6.10 Å². The SMILES string of the molecule is CC/C=C\C/C=C\C/C=C\C/C=C\C/C=C\C/C=C\C/C=C\C/C=C\C/C=C\CCCC(=O)OCC(COC(=O)CCCCCCC)OC(=O)CCCCCCCCCC. The summed E-state index contributed by atoms with van der Waals surface area (Å²) in [6.45, 7) is 6.32. The summed E-state index contributed by atoms with van der Waals surface area (Å²) in [5, 5.41) is 0. The van der Waals surface area contributed by atoms with Gasteiger partial charge < -0.3 is 14.2 Å². The van der Waals surface area contributed by atoms with E-state index in [2.05, 4.69) is 130 Å². The Morgan fingerprint density at radius 3 is 1.02 bits per heavy atom. The molecule has 0 N–H and O–H groups in total. The molecule has 0 heterocycles. The van der Waals surface area contributed by atoms with Gasteiger partial charge in [-0.1, -0.05) is 201 Å². The molecule has 6 nitrogen and oxygen atoms in total. The third kappa shape index (κ3) is 45.2. The van der Waals surface area contributed by atoms with E-state index in [0.717, 1.165) is 116 Å². The highest BCUT2D eigenvalue weighted by atomic mass is 16.6. The fourth-order valence-corrected chi connectivity index (χ4v) is 5.97. The number of ether oxygens (including phenoxy) is 3. The molecule has 0 radical (unpaired) electrons. The molecular weight excluding hydrogens is 745 g/mol. The minimum absolute atomic E-state index is 0.0975. The molecular formula is C54H86O6. The molecule has 0 saturated heterocycles. The van der Waals surface area contributed by atoms with Gasteiger partial charge in [0, 0.05) is 19.3 Å². The van der Waals surface area contributed by atoms with Crippen molar-refractivity contribution >= 4 is 17.9 Å². The van der Waals surface area contributed by atoms with Crippen molar-refractivity contribution in [3.63, 3.8) is 0 Å². The quantitative estimate of drug-likeness (QED) is 0.0264. The van der Waals surface area contributed by atoms with Crippen molar-refractivity contribution in [3.05, 3.63) is 109 Å². The first kappa shape index (κ1) is 56.1. The lowest BCUT2D eigenvalue weighted by Gasteiger charge is -2.18. The molecule has 0 aliphatic heterocycles. The second-order valence-corrected chi connectivity index (χ2v) is 15.3. The van der Waals surface area contributed by atoms with Crippen LogP contribution in [0.4, 0.5) is 0 Å². The largest absolute Gasteiger partial charge is 0.462 e. The van der Waals surface area contributed by atoms with Crippen LogP contribution in [0.3, 0.4) is 0 Å². The maximum Gasteiger partial charge on any atom is 0.306 e. The second kappa shape index (κ2) is 47.7. The first-order valence-corrected chi connectivity index (χ1v) is 23.9. The zero-order chi connectivity index (χ0) is 43.7. The van der Waals surface area contributed by atoms with Gasteiger partial charge in [0.2, 0.25) is 0 Å². The second-order valence-electron chi connectivity index (χ2n) is 15.3. The van der Waals surface area contributed by atoms with Crippen molar-refractivity contribution in [1.82, 2.24) is 0 Å². The van der Waals surface area contributed by atoms with Crippen molar-refractivity contribution < 1.29 is 28.6 Å². The highest BCUT2D eigenvalue weighted by Gasteiger charge is 2.19. The molecule has 0 fully saturated rings. The van der Waals surface area contributed by atoms with Crippen LogP contribution in [0, 0.1) is 0 Å². The Balaban J connectivity index is 4.19. The summed E-state index contributed by atoms with van der Waals surface area (Å²) in [6.07, 6.45) is 64.2. The number of rotatable bonds is 41. The molecule has 0 spiro atoms. The fourth-order valence-electron chi connectivity index (χ4n) is 5.97. The highest BCUT2D eigenvalue weighted by Crippen LogP contribution is 2.12. The van der Waals surface area contributed by atoms with Gasteiger partial charge >= 0.3 is 17.9 Å². The molecule has 0 aromatic heterocycles. The van der Waals surface area contributed by atoms with Crippen LogP contribution in [-0.2, 0) is 28.6 Å². The Kier molecular flexibility index (Phi) is 44.6. The van der Waals surface area contributed by atoms with Crippen LogP contribution in [0.25, 0.3) is 0 Å². The first-order chi connectivity index (χ1) is 29.5. The summed E-state index contributed by atoms with van der Waals surface area (Å²) in [7, 11) is 0. The minimum Gasteiger partial charge on any atom is -0.462 e. The summed E-state index contributed by atoms with van der Waals surface area (Å²) < 4.78 is 16.5. The van der Waals surface area contributed by atoms with Crippen LogP contribution in [0.1, 0.15) is 194 Å². The topological polar surface area (TPSA) is 78.9 Å². The van der Waals surface area contributed by atoms with Gasteiger partial charge in [0.1, 0.15) is 13.2 Å². The van der Waals surface area contributed by atoms with Crippen molar-refractivity contribution in [3.8, 4) is 0 Å². The molecule has 1 atom stereocenters. The lowest BCUT2D eigenvalue weighted by Crippen LogP contribution is -2.30. The Labute approximate surface area is 368 Å². The number of unbranched alkanes of at least 4 members (excludes halogenated alkanes) is 12. The van der Waals surface area contributed by atoms with Crippen molar-refractivity contribution in [1.29, 1.82) is 0 Å². The predicted molar refractivity (Wildman–Crippen MR) is 256 cm³/mol. The molecule has 0 aromatic rings. The molecule has 0 saturated carbocycles. The van der Waals surface area contributed by atoms with Crippen LogP contribution >= 0.6 is 0 Å². The van der Waals surface area contributed by atoms with Crippen molar-refractivity contribution in [2.24, 2.45) is 0 Å². The van der Waals surface area contributed by atoms with Crippen molar-refractivity contribution in [2.75, 3.05) is 13.2 Å². The average molecular weight is 831 g/mol. The normalized spacial score (nSPS) is 13.1. The summed E-state index contributed by atoms with van der Waals surface area (Å²) in [4.78, 5) is 37.3. The standard InChI is InChI=1S/C54H86O6/c1-4-7-10-13-15-17-18-19-20-21-22-23-24-25-26-27-28-29-30-31-32-33-34-35-36-37-39-41-44-47-53(56)59-50-51(49-58-52(55)46-43-40-12-9-6-3)60-54(57)48-45-42-38-16-14-11-8-5-2/h7,10,15,17,19-20,22-23,25-26,28-29,31-32,34-35,37,39,51H,4-6,8-9,11-14,16,18,21,24,27,30,33,36,38,40-50H2,1-3H3/b10-7-,17-15-,20-19-,23-22-,26-25-,29-28-,32-31-,35-34-,39-37-. The third-order valence-electron chi connectivity index (χ3n) is 9.54. The maximum atomic E-state index is 12.6. The Hall–Kier alpha value is -3.93. The number of allylic oxidation sites excluding steroid dienone is 18. The molecule has 0 aliphatic carbocycles. The molecule has 60 heavy (non-hydrogen) atoms. The Morgan fingerprint density at radius 2 is 0.650 bits per heavy atom. The van der Waals surface area contributed by atoms with Crippen LogP contribution in [0.2, 0.25) is 0 Å². The van der Waals surface area contributed by atoms with E-state index in [-0.39, 0.29) is 37.5 Å². The number of hydrogen-bond donors (Lipinski definition) is 0. The van der Waals surface area contributed by atoms with E-state index in [0.29, 0.717) is 19.3 Å². The molecule has 1 unspecified atom stereocenters. The zero-order valence-electron chi connectivity index (χ0n) is 38.4. The van der Waals surface area contributed by atoms with Gasteiger partial charge in [-0.15, -0.1) is 0 Å². The molecule has 0 aromatic carbocycles. The lowest BCUT2D eigenvalue weighted by molar-refractivity contribution is -0.167. The van der Waals surface area contributed by atoms with E-state index < -0.39 is 6.10 Å². The predicted octanol–water partition coefficient (Wildman–Crippen LogP) is 15.6. The van der Waals surface area contributed by atoms with Crippen LogP contribution < -0.4 is 0 Å². The number of carbonyl (C=O) groups excluding carboxylic acids is 3. The molecule has 338 valence electrons. The summed E-state index contributed by atoms with van der Waals surface area (Å²) >= 11 is 0. The number of hydrogen-bond acceptors (Lipinski definition) is 6. The van der Waals surface area contributed by atoms with Crippen LogP contribution in [-0.4, -0.2) is 37.2 Å². The molecule has 0 amide bonds. The number of carbonyl (C=O) groups is 3. The van der Waals surface area contributed by atoms with Crippen LogP contribution in [0.5, 0.6) is 0 Å². The molecule has 0 aliphatic rings.